The normalized spacial score (nSPS) is 13.0. The van der Waals surface area contributed by atoms with Gasteiger partial charge in [0.15, 0.2) is 12.4 Å². The number of aliphatic hydroxyl groups is 1. The molecule has 0 bridgehead atoms. The van der Waals surface area contributed by atoms with Gasteiger partial charge in [-0.05, 0) is 12.1 Å². The van der Waals surface area contributed by atoms with Gasteiger partial charge in [0, 0.05) is 5.39 Å². The van der Waals surface area contributed by atoms with Crippen LogP contribution < -0.4 is 0 Å². The van der Waals surface area contributed by atoms with Crippen LogP contribution in [0.5, 0.6) is 0 Å². The van der Waals surface area contributed by atoms with Gasteiger partial charge in [-0.15, -0.1) is 0 Å². The van der Waals surface area contributed by atoms with Crippen molar-refractivity contribution in [2.75, 3.05) is 0 Å². The Morgan fingerprint density at radius 3 is 2.85 bits per heavy atom. The number of hydrogen-bond acceptors (Lipinski definition) is 3. The second kappa shape index (κ2) is 3.03. The van der Waals surface area contributed by atoms with E-state index in [1.165, 1.54) is 0 Å². The molecule has 0 saturated carbocycles. The predicted octanol–water partition coefficient (Wildman–Crippen LogP) is 1.67. The quantitative estimate of drug-likeness (QED) is 0.708. The molecule has 1 heterocycles. The first kappa shape index (κ1) is 8.01. The standard InChI is InChI=1S/C10H8O3/c11-6-8(12)10-5-7-3-1-2-4-9(7)13-10/h1-6,8,12H. The summed E-state index contributed by atoms with van der Waals surface area (Å²) >= 11 is 0. The number of furan rings is 1. The summed E-state index contributed by atoms with van der Waals surface area (Å²) < 4.78 is 5.24. The van der Waals surface area contributed by atoms with Crippen LogP contribution >= 0.6 is 0 Å². The highest BCUT2D eigenvalue weighted by atomic mass is 16.4. The van der Waals surface area contributed by atoms with Crippen molar-refractivity contribution < 1.29 is 14.3 Å². The summed E-state index contributed by atoms with van der Waals surface area (Å²) in [7, 11) is 0. The summed E-state index contributed by atoms with van der Waals surface area (Å²) in [6, 6.07) is 9.02. The number of fused-ring (bicyclic) bond motifs is 1. The second-order valence-corrected chi connectivity index (χ2v) is 2.77. The molecule has 1 N–H and O–H groups in total. The molecule has 0 aliphatic carbocycles. The maximum atomic E-state index is 10.3. The minimum absolute atomic E-state index is 0.288. The molecule has 3 nitrogen and oxygen atoms in total. The van der Waals surface area contributed by atoms with E-state index in [0.717, 1.165) is 5.39 Å². The Bertz CT molecular complexity index is 397. The van der Waals surface area contributed by atoms with Crippen molar-refractivity contribution in [1.29, 1.82) is 0 Å². The van der Waals surface area contributed by atoms with Crippen molar-refractivity contribution >= 4 is 17.3 Å². The lowest BCUT2D eigenvalue weighted by Gasteiger charge is -1.94. The van der Waals surface area contributed by atoms with Crippen LogP contribution in [-0.4, -0.2) is 11.4 Å². The van der Waals surface area contributed by atoms with Crippen LogP contribution in [0.3, 0.4) is 0 Å². The highest BCUT2D eigenvalue weighted by Crippen LogP contribution is 2.22. The van der Waals surface area contributed by atoms with E-state index in [2.05, 4.69) is 0 Å². The number of aldehydes is 1. The van der Waals surface area contributed by atoms with E-state index in [4.69, 9.17) is 9.52 Å². The maximum absolute atomic E-state index is 10.3. The maximum Gasteiger partial charge on any atom is 0.167 e. The van der Waals surface area contributed by atoms with Gasteiger partial charge >= 0.3 is 0 Å². The van der Waals surface area contributed by atoms with Gasteiger partial charge in [0.2, 0.25) is 0 Å². The second-order valence-electron chi connectivity index (χ2n) is 2.77. The lowest BCUT2D eigenvalue weighted by atomic mass is 10.2. The topological polar surface area (TPSA) is 50.4 Å². The molecule has 2 rings (SSSR count). The summed E-state index contributed by atoms with van der Waals surface area (Å²) in [4.78, 5) is 10.3. The van der Waals surface area contributed by atoms with Gasteiger partial charge in [0.1, 0.15) is 11.3 Å². The number of carbonyl (C=O) groups excluding carboxylic acids is 1. The summed E-state index contributed by atoms with van der Waals surface area (Å²) in [5.41, 5.74) is 0.679. The van der Waals surface area contributed by atoms with E-state index in [-0.39, 0.29) is 5.76 Å². The molecular weight excluding hydrogens is 168 g/mol. The molecule has 3 heteroatoms. The average molecular weight is 176 g/mol. The van der Waals surface area contributed by atoms with Crippen molar-refractivity contribution in [2.45, 2.75) is 6.10 Å². The third kappa shape index (κ3) is 1.34. The highest BCUT2D eigenvalue weighted by molar-refractivity contribution is 5.78. The lowest BCUT2D eigenvalue weighted by molar-refractivity contribution is -0.115. The van der Waals surface area contributed by atoms with E-state index < -0.39 is 6.10 Å². The molecule has 0 amide bonds. The molecule has 1 aromatic heterocycles. The molecule has 1 unspecified atom stereocenters. The van der Waals surface area contributed by atoms with Gasteiger partial charge in [-0.1, -0.05) is 18.2 Å². The molecule has 66 valence electrons. The third-order valence-electron chi connectivity index (χ3n) is 1.86. The van der Waals surface area contributed by atoms with Gasteiger partial charge in [0.25, 0.3) is 0 Å². The van der Waals surface area contributed by atoms with Crippen molar-refractivity contribution in [1.82, 2.24) is 0 Å². The first-order valence-electron chi connectivity index (χ1n) is 3.93. The molecule has 0 fully saturated rings. The number of para-hydroxylation sites is 1. The molecule has 1 atom stereocenters. The fourth-order valence-corrected chi connectivity index (χ4v) is 1.22. The van der Waals surface area contributed by atoms with Gasteiger partial charge < -0.3 is 9.52 Å². The fraction of sp³-hybridized carbons (Fsp3) is 0.100. The molecule has 1 aromatic carbocycles. The molecule has 0 radical (unpaired) electrons. The van der Waals surface area contributed by atoms with Gasteiger partial charge in [0.05, 0.1) is 0 Å². The first-order chi connectivity index (χ1) is 6.31. The predicted molar refractivity (Wildman–Crippen MR) is 47.2 cm³/mol. The Kier molecular flexibility index (Phi) is 1.87. The van der Waals surface area contributed by atoms with Gasteiger partial charge in [-0.3, -0.25) is 4.79 Å². The van der Waals surface area contributed by atoms with Crippen molar-refractivity contribution in [3.63, 3.8) is 0 Å². The average Bonchev–Trinajstić information content (AvgIpc) is 2.59. The molecule has 2 aromatic rings. The molecular formula is C10H8O3. The zero-order valence-corrected chi connectivity index (χ0v) is 6.81. The Morgan fingerprint density at radius 2 is 2.15 bits per heavy atom. The number of hydrogen-bond donors (Lipinski definition) is 1. The van der Waals surface area contributed by atoms with Crippen LogP contribution in [0.15, 0.2) is 34.7 Å². The summed E-state index contributed by atoms with van der Waals surface area (Å²) in [6.45, 7) is 0. The Morgan fingerprint density at radius 1 is 1.38 bits per heavy atom. The fourth-order valence-electron chi connectivity index (χ4n) is 1.22. The molecule has 13 heavy (non-hydrogen) atoms. The number of carbonyl (C=O) groups is 1. The Balaban J connectivity index is 2.55. The Hall–Kier alpha value is -1.61. The van der Waals surface area contributed by atoms with Crippen LogP contribution in [-0.2, 0) is 4.79 Å². The number of benzene rings is 1. The zero-order chi connectivity index (χ0) is 9.26. The van der Waals surface area contributed by atoms with E-state index in [1.54, 1.807) is 12.1 Å². The highest BCUT2D eigenvalue weighted by Gasteiger charge is 2.10. The monoisotopic (exact) mass is 176 g/mol. The van der Waals surface area contributed by atoms with Crippen molar-refractivity contribution in [3.05, 3.63) is 36.1 Å². The minimum atomic E-state index is -1.16. The third-order valence-corrected chi connectivity index (χ3v) is 1.86. The van der Waals surface area contributed by atoms with Crippen LogP contribution in [0, 0.1) is 0 Å². The summed E-state index contributed by atoms with van der Waals surface area (Å²) in [5, 5.41) is 10.1. The molecule has 0 aliphatic heterocycles. The van der Waals surface area contributed by atoms with Crippen molar-refractivity contribution in [3.8, 4) is 0 Å². The van der Waals surface area contributed by atoms with Gasteiger partial charge in [-0.25, -0.2) is 0 Å². The first-order valence-corrected chi connectivity index (χ1v) is 3.93. The van der Waals surface area contributed by atoms with Crippen LogP contribution in [0.1, 0.15) is 11.9 Å². The van der Waals surface area contributed by atoms with Crippen molar-refractivity contribution in [2.24, 2.45) is 0 Å². The van der Waals surface area contributed by atoms with Crippen LogP contribution in [0.2, 0.25) is 0 Å². The largest absolute Gasteiger partial charge is 0.458 e. The Labute approximate surface area is 74.6 Å². The minimum Gasteiger partial charge on any atom is -0.458 e. The van der Waals surface area contributed by atoms with Crippen LogP contribution in [0.4, 0.5) is 0 Å². The number of aliphatic hydroxyl groups excluding tert-OH is 1. The zero-order valence-electron chi connectivity index (χ0n) is 6.81. The molecule has 0 aliphatic rings. The molecule has 0 spiro atoms. The van der Waals surface area contributed by atoms with E-state index in [0.29, 0.717) is 11.9 Å². The van der Waals surface area contributed by atoms with Crippen LogP contribution in [0.25, 0.3) is 11.0 Å². The van der Waals surface area contributed by atoms with E-state index in [9.17, 15) is 4.79 Å². The molecule has 0 saturated heterocycles. The van der Waals surface area contributed by atoms with E-state index in [1.807, 2.05) is 18.2 Å². The smallest absolute Gasteiger partial charge is 0.167 e. The summed E-state index contributed by atoms with van der Waals surface area (Å²) in [6.07, 6.45) is -0.718. The lowest BCUT2D eigenvalue weighted by Crippen LogP contribution is -1.94. The van der Waals surface area contributed by atoms with Gasteiger partial charge in [-0.2, -0.15) is 0 Å². The van der Waals surface area contributed by atoms with E-state index >= 15 is 0 Å². The summed E-state index contributed by atoms with van der Waals surface area (Å²) in [5.74, 6) is 0.288. The number of rotatable bonds is 2. The SMILES string of the molecule is O=CC(O)c1cc2ccccc2o1.